The van der Waals surface area contributed by atoms with Crippen molar-refractivity contribution in [3.8, 4) is 0 Å². The van der Waals surface area contributed by atoms with Crippen molar-refractivity contribution in [2.24, 2.45) is 0 Å². The molecule has 116 valence electrons. The molecule has 0 spiro atoms. The second-order valence-electron chi connectivity index (χ2n) is 5.99. The van der Waals surface area contributed by atoms with Crippen LogP contribution in [0.1, 0.15) is 44.7 Å². The van der Waals surface area contributed by atoms with Gasteiger partial charge in [-0.15, -0.1) is 11.3 Å². The van der Waals surface area contributed by atoms with Gasteiger partial charge in [-0.05, 0) is 27.2 Å². The lowest BCUT2D eigenvalue weighted by molar-refractivity contribution is 0.156. The second-order valence-corrected chi connectivity index (χ2v) is 7.05. The third-order valence-corrected chi connectivity index (χ3v) is 3.98. The van der Waals surface area contributed by atoms with Crippen molar-refractivity contribution in [2.75, 3.05) is 18.5 Å². The smallest absolute Gasteiger partial charge is 0.255 e. The second kappa shape index (κ2) is 7.31. The van der Waals surface area contributed by atoms with Crippen LogP contribution in [0.4, 0.5) is 13.9 Å². The molecule has 0 aliphatic rings. The molecule has 0 fully saturated rings. The average molecular weight is 305 g/mol. The monoisotopic (exact) mass is 305 g/mol. The zero-order chi connectivity index (χ0) is 15.3. The van der Waals surface area contributed by atoms with Crippen molar-refractivity contribution in [1.82, 2.24) is 10.3 Å². The molecule has 0 aliphatic carbocycles. The number of aromatic nitrogens is 1. The third kappa shape index (κ3) is 5.71. The molecular weight excluding hydrogens is 280 g/mol. The van der Waals surface area contributed by atoms with Crippen molar-refractivity contribution in [2.45, 2.75) is 59.0 Å². The summed E-state index contributed by atoms with van der Waals surface area (Å²) in [6.45, 7) is 8.89. The van der Waals surface area contributed by atoms with Gasteiger partial charge in [0.25, 0.3) is 6.43 Å². The van der Waals surface area contributed by atoms with Crippen molar-refractivity contribution >= 4 is 16.5 Å². The highest BCUT2D eigenvalue weighted by Crippen LogP contribution is 2.27. The predicted molar refractivity (Wildman–Crippen MR) is 82.0 cm³/mol. The number of nitrogens with zero attached hydrogens (tertiary/aromatic N) is 2. The quantitative estimate of drug-likeness (QED) is 0.833. The fraction of sp³-hybridized carbons (Fsp3) is 0.786. The Balaban J connectivity index is 2.83. The van der Waals surface area contributed by atoms with E-state index >= 15 is 0 Å². The Hall–Kier alpha value is -0.750. The van der Waals surface area contributed by atoms with E-state index < -0.39 is 6.43 Å². The van der Waals surface area contributed by atoms with Crippen LogP contribution in [0.2, 0.25) is 0 Å². The molecule has 1 aromatic rings. The minimum absolute atomic E-state index is 0.0303. The van der Waals surface area contributed by atoms with E-state index in [0.29, 0.717) is 5.13 Å². The number of hydrogen-bond donors (Lipinski definition) is 1. The summed E-state index contributed by atoms with van der Waals surface area (Å²) in [7, 11) is 1.67. The van der Waals surface area contributed by atoms with Crippen molar-refractivity contribution in [3.63, 3.8) is 0 Å². The van der Waals surface area contributed by atoms with Gasteiger partial charge in [-0.1, -0.05) is 13.3 Å². The van der Waals surface area contributed by atoms with E-state index in [2.05, 4.69) is 38.0 Å². The van der Waals surface area contributed by atoms with Gasteiger partial charge in [0.15, 0.2) is 5.13 Å². The average Bonchev–Trinajstić information content (AvgIpc) is 2.68. The van der Waals surface area contributed by atoms with Crippen molar-refractivity contribution in [3.05, 3.63) is 10.6 Å². The highest BCUT2D eigenvalue weighted by Gasteiger charge is 2.17. The first-order valence-corrected chi connectivity index (χ1v) is 7.77. The van der Waals surface area contributed by atoms with Gasteiger partial charge in [-0.25, -0.2) is 13.8 Å². The van der Waals surface area contributed by atoms with Crippen LogP contribution in [0.5, 0.6) is 0 Å². The SMILES string of the molecule is CCCc1nc(N(C)CC(F)F)sc1CNC(C)(C)C. The Morgan fingerprint density at radius 2 is 2.00 bits per heavy atom. The summed E-state index contributed by atoms with van der Waals surface area (Å²) >= 11 is 1.51. The van der Waals surface area contributed by atoms with Gasteiger partial charge in [0.1, 0.15) is 0 Å². The van der Waals surface area contributed by atoms with Gasteiger partial charge in [-0.3, -0.25) is 0 Å². The first-order valence-electron chi connectivity index (χ1n) is 6.95. The van der Waals surface area contributed by atoms with Gasteiger partial charge in [-0.2, -0.15) is 0 Å². The van der Waals surface area contributed by atoms with Gasteiger partial charge in [0, 0.05) is 24.0 Å². The highest BCUT2D eigenvalue weighted by atomic mass is 32.1. The Morgan fingerprint density at radius 1 is 1.35 bits per heavy atom. The van der Waals surface area contributed by atoms with Crippen LogP contribution < -0.4 is 10.2 Å². The third-order valence-electron chi connectivity index (χ3n) is 2.77. The molecule has 1 aromatic heterocycles. The molecule has 0 radical (unpaired) electrons. The summed E-state index contributed by atoms with van der Waals surface area (Å²) in [5.74, 6) is 0. The maximum atomic E-state index is 12.5. The number of nitrogens with one attached hydrogen (secondary N) is 1. The molecule has 0 saturated heterocycles. The summed E-state index contributed by atoms with van der Waals surface area (Å²) < 4.78 is 24.9. The molecule has 0 saturated carbocycles. The minimum atomic E-state index is -2.34. The topological polar surface area (TPSA) is 28.2 Å². The van der Waals surface area contributed by atoms with Crippen molar-refractivity contribution in [1.29, 1.82) is 0 Å². The summed E-state index contributed by atoms with van der Waals surface area (Å²) in [5.41, 5.74) is 1.06. The zero-order valence-electron chi connectivity index (χ0n) is 13.0. The minimum Gasteiger partial charge on any atom is -0.345 e. The molecule has 0 bridgehead atoms. The van der Waals surface area contributed by atoms with Crippen LogP contribution in [-0.2, 0) is 13.0 Å². The maximum Gasteiger partial charge on any atom is 0.255 e. The number of thiazole rings is 1. The van der Waals surface area contributed by atoms with E-state index in [0.717, 1.165) is 30.0 Å². The largest absolute Gasteiger partial charge is 0.345 e. The van der Waals surface area contributed by atoms with Crippen molar-refractivity contribution < 1.29 is 8.78 Å². The number of rotatable bonds is 7. The number of aryl methyl sites for hydroxylation is 1. The van der Waals surface area contributed by atoms with Crippen LogP contribution in [0.3, 0.4) is 0 Å². The van der Waals surface area contributed by atoms with E-state index in [1.807, 2.05) is 0 Å². The summed E-state index contributed by atoms with van der Waals surface area (Å²) in [4.78, 5) is 7.21. The lowest BCUT2D eigenvalue weighted by Gasteiger charge is -2.20. The lowest BCUT2D eigenvalue weighted by Crippen LogP contribution is -2.35. The van der Waals surface area contributed by atoms with Crippen LogP contribution in [0.25, 0.3) is 0 Å². The van der Waals surface area contributed by atoms with E-state index in [1.54, 1.807) is 7.05 Å². The Bertz CT molecular complexity index is 413. The summed E-state index contributed by atoms with van der Waals surface area (Å²) in [5, 5.41) is 4.11. The fourth-order valence-corrected chi connectivity index (χ4v) is 2.75. The zero-order valence-corrected chi connectivity index (χ0v) is 13.8. The molecule has 0 unspecified atom stereocenters. The van der Waals surface area contributed by atoms with E-state index in [4.69, 9.17) is 0 Å². The standard InChI is InChI=1S/C14H25F2N3S/c1-6-7-10-11(8-17-14(2,3)4)20-13(18-10)19(5)9-12(15)16/h12,17H,6-9H2,1-5H3. The number of hydrogen-bond acceptors (Lipinski definition) is 4. The summed E-state index contributed by atoms with van der Waals surface area (Å²) in [6.07, 6.45) is -0.445. The molecule has 1 rings (SSSR count). The molecule has 1 N–H and O–H groups in total. The molecule has 0 aliphatic heterocycles. The van der Waals surface area contributed by atoms with E-state index in [-0.39, 0.29) is 12.1 Å². The molecule has 20 heavy (non-hydrogen) atoms. The molecule has 3 nitrogen and oxygen atoms in total. The van der Waals surface area contributed by atoms with Gasteiger partial charge >= 0.3 is 0 Å². The number of halogens is 2. The lowest BCUT2D eigenvalue weighted by atomic mass is 10.1. The normalized spacial score (nSPS) is 12.2. The molecule has 6 heteroatoms. The van der Waals surface area contributed by atoms with Gasteiger partial charge in [0.2, 0.25) is 0 Å². The number of anilines is 1. The fourth-order valence-electron chi connectivity index (χ4n) is 1.73. The van der Waals surface area contributed by atoms with Crippen LogP contribution in [0, 0.1) is 0 Å². The molecular formula is C14H25F2N3S. The van der Waals surface area contributed by atoms with E-state index in [9.17, 15) is 8.78 Å². The Morgan fingerprint density at radius 3 is 2.50 bits per heavy atom. The first kappa shape index (κ1) is 17.3. The Labute approximate surface area is 124 Å². The first-order chi connectivity index (χ1) is 9.23. The molecule has 0 aromatic carbocycles. The molecule has 0 amide bonds. The molecule has 1 heterocycles. The van der Waals surface area contributed by atoms with Crippen LogP contribution in [-0.4, -0.2) is 30.5 Å². The van der Waals surface area contributed by atoms with Crippen LogP contribution >= 0.6 is 11.3 Å². The van der Waals surface area contributed by atoms with Gasteiger partial charge in [0.05, 0.1) is 12.2 Å². The maximum absolute atomic E-state index is 12.5. The van der Waals surface area contributed by atoms with Gasteiger partial charge < -0.3 is 10.2 Å². The van der Waals surface area contributed by atoms with E-state index in [1.165, 1.54) is 16.2 Å². The Kier molecular flexibility index (Phi) is 6.33. The number of alkyl halides is 2. The molecule has 0 atom stereocenters. The highest BCUT2D eigenvalue weighted by molar-refractivity contribution is 7.15. The summed E-state index contributed by atoms with van der Waals surface area (Å²) in [6, 6.07) is 0. The van der Waals surface area contributed by atoms with Crippen LogP contribution in [0.15, 0.2) is 0 Å². The predicted octanol–water partition coefficient (Wildman–Crippen LogP) is 3.69.